The summed E-state index contributed by atoms with van der Waals surface area (Å²) in [4.78, 5) is 27.5. The molecule has 0 N–H and O–H groups in total. The number of nitrogens with zero attached hydrogens (tertiary/aromatic N) is 1. The Hall–Kier alpha value is -2.85. The molecule has 1 heterocycles. The third-order valence-corrected chi connectivity index (χ3v) is 5.32. The fourth-order valence-corrected chi connectivity index (χ4v) is 3.79. The molecule has 2 aromatic rings. The first-order valence-electron chi connectivity index (χ1n) is 9.51. The second-order valence-corrected chi connectivity index (χ2v) is 7.60. The first kappa shape index (κ1) is 20.9. The molecule has 0 saturated heterocycles. The fourth-order valence-electron chi connectivity index (χ4n) is 3.58. The van der Waals surface area contributed by atoms with Gasteiger partial charge in [-0.1, -0.05) is 66.2 Å². The van der Waals surface area contributed by atoms with Gasteiger partial charge in [-0.05, 0) is 37.1 Å². The molecule has 0 spiro atoms. The molecular formula is C24H24ClNO3. The van der Waals surface area contributed by atoms with E-state index in [4.69, 9.17) is 16.3 Å². The van der Waals surface area contributed by atoms with Crippen LogP contribution >= 0.6 is 11.6 Å². The topological polar surface area (TPSA) is 46.6 Å². The molecule has 4 nitrogen and oxygen atoms in total. The van der Waals surface area contributed by atoms with Gasteiger partial charge in [-0.3, -0.25) is 4.79 Å². The Bertz CT molecular complexity index is 962. The number of carbonyl (C=O) groups excluding carboxylic acids is 2. The zero-order chi connectivity index (χ0) is 21.0. The summed E-state index contributed by atoms with van der Waals surface area (Å²) in [5.74, 6) is -0.791. The molecule has 1 amide bonds. The standard InChI is InChI=1S/C24H24ClNO3/c1-4-12-29-24(28)23-17(3)26(15-18-6-5-7-20(25)13-18)22(27)14-21(23)19-10-8-16(2)9-11-19/h4-11,13,21H,1,12,14-15H2,2-3H3/t21-/m1/s1. The first-order valence-corrected chi connectivity index (χ1v) is 9.88. The molecule has 1 atom stereocenters. The van der Waals surface area contributed by atoms with Crippen molar-refractivity contribution in [2.75, 3.05) is 6.61 Å². The summed E-state index contributed by atoms with van der Waals surface area (Å²) in [7, 11) is 0. The molecule has 0 aromatic heterocycles. The van der Waals surface area contributed by atoms with Crippen LogP contribution in [0.4, 0.5) is 0 Å². The van der Waals surface area contributed by atoms with Gasteiger partial charge in [0.2, 0.25) is 5.91 Å². The van der Waals surface area contributed by atoms with Crippen LogP contribution in [0.1, 0.15) is 36.0 Å². The molecule has 2 aromatic carbocycles. The molecule has 1 aliphatic heterocycles. The van der Waals surface area contributed by atoms with Crippen molar-refractivity contribution in [2.45, 2.75) is 32.7 Å². The third-order valence-electron chi connectivity index (χ3n) is 5.08. The van der Waals surface area contributed by atoms with Crippen LogP contribution in [-0.2, 0) is 20.9 Å². The van der Waals surface area contributed by atoms with Gasteiger partial charge in [0.1, 0.15) is 6.61 Å². The maximum Gasteiger partial charge on any atom is 0.336 e. The quantitative estimate of drug-likeness (QED) is 0.488. The largest absolute Gasteiger partial charge is 0.458 e. The van der Waals surface area contributed by atoms with Crippen molar-refractivity contribution in [3.05, 3.63) is 94.2 Å². The Balaban J connectivity index is 2.01. The molecule has 0 aliphatic carbocycles. The highest BCUT2D eigenvalue weighted by atomic mass is 35.5. The van der Waals surface area contributed by atoms with Crippen molar-refractivity contribution in [3.63, 3.8) is 0 Å². The van der Waals surface area contributed by atoms with Crippen LogP contribution in [0, 0.1) is 6.92 Å². The van der Waals surface area contributed by atoms with E-state index < -0.39 is 5.97 Å². The summed E-state index contributed by atoms with van der Waals surface area (Å²) >= 11 is 6.09. The van der Waals surface area contributed by atoms with Gasteiger partial charge in [0.05, 0.1) is 12.1 Å². The number of benzene rings is 2. The van der Waals surface area contributed by atoms with Crippen LogP contribution in [0.25, 0.3) is 0 Å². The maximum absolute atomic E-state index is 13.0. The minimum atomic E-state index is -0.420. The molecule has 150 valence electrons. The fraction of sp³-hybridized carbons (Fsp3) is 0.250. The second kappa shape index (κ2) is 9.10. The van der Waals surface area contributed by atoms with E-state index in [9.17, 15) is 9.59 Å². The highest BCUT2D eigenvalue weighted by Gasteiger charge is 2.36. The zero-order valence-corrected chi connectivity index (χ0v) is 17.4. The van der Waals surface area contributed by atoms with Crippen LogP contribution in [0.15, 0.2) is 72.5 Å². The molecule has 3 rings (SSSR count). The van der Waals surface area contributed by atoms with Gasteiger partial charge in [-0.25, -0.2) is 4.79 Å². The van der Waals surface area contributed by atoms with Gasteiger partial charge in [-0.2, -0.15) is 0 Å². The molecule has 0 bridgehead atoms. The van der Waals surface area contributed by atoms with Gasteiger partial charge in [0, 0.05) is 23.1 Å². The van der Waals surface area contributed by atoms with Crippen molar-refractivity contribution in [1.82, 2.24) is 4.90 Å². The number of hydrogen-bond acceptors (Lipinski definition) is 3. The number of rotatable bonds is 6. The zero-order valence-electron chi connectivity index (χ0n) is 16.7. The summed E-state index contributed by atoms with van der Waals surface area (Å²) in [5.41, 5.74) is 4.07. The smallest absolute Gasteiger partial charge is 0.336 e. The van der Waals surface area contributed by atoms with Crippen LogP contribution < -0.4 is 0 Å². The van der Waals surface area contributed by atoms with E-state index in [0.29, 0.717) is 22.8 Å². The van der Waals surface area contributed by atoms with Crippen molar-refractivity contribution in [3.8, 4) is 0 Å². The van der Waals surface area contributed by atoms with Gasteiger partial charge >= 0.3 is 5.97 Å². The van der Waals surface area contributed by atoms with Crippen molar-refractivity contribution >= 4 is 23.5 Å². The minimum Gasteiger partial charge on any atom is -0.458 e. The third kappa shape index (κ3) is 4.77. The molecule has 0 radical (unpaired) electrons. The average molecular weight is 410 g/mol. The van der Waals surface area contributed by atoms with E-state index in [1.54, 1.807) is 17.9 Å². The molecule has 0 saturated carbocycles. The molecule has 0 unspecified atom stereocenters. The summed E-state index contributed by atoms with van der Waals surface area (Å²) in [6, 6.07) is 15.3. The van der Waals surface area contributed by atoms with E-state index in [1.165, 1.54) is 6.08 Å². The summed E-state index contributed by atoms with van der Waals surface area (Å²) in [6.45, 7) is 7.88. The van der Waals surface area contributed by atoms with Gasteiger partial charge in [0.25, 0.3) is 0 Å². The van der Waals surface area contributed by atoms with Crippen molar-refractivity contribution in [1.29, 1.82) is 0 Å². The SMILES string of the molecule is C=CCOC(=O)C1=C(C)N(Cc2cccc(Cl)c2)C(=O)C[C@@H]1c1ccc(C)cc1. The monoisotopic (exact) mass is 409 g/mol. The number of carbonyl (C=O) groups is 2. The Kier molecular flexibility index (Phi) is 6.55. The molecular weight excluding hydrogens is 386 g/mol. The highest BCUT2D eigenvalue weighted by molar-refractivity contribution is 6.30. The maximum atomic E-state index is 13.0. The number of esters is 1. The Morgan fingerprint density at radius 2 is 1.97 bits per heavy atom. The van der Waals surface area contributed by atoms with Crippen molar-refractivity contribution in [2.24, 2.45) is 0 Å². The van der Waals surface area contributed by atoms with E-state index in [0.717, 1.165) is 16.7 Å². The van der Waals surface area contributed by atoms with Gasteiger partial charge in [-0.15, -0.1) is 0 Å². The minimum absolute atomic E-state index is 0.0340. The van der Waals surface area contributed by atoms with Gasteiger partial charge in [0.15, 0.2) is 0 Å². The normalized spacial score (nSPS) is 16.7. The first-order chi connectivity index (χ1) is 13.9. The number of ether oxygens (including phenoxy) is 1. The summed E-state index contributed by atoms with van der Waals surface area (Å²) < 4.78 is 5.36. The van der Waals surface area contributed by atoms with Crippen LogP contribution in [0.3, 0.4) is 0 Å². The Labute approximate surface area is 176 Å². The van der Waals surface area contributed by atoms with E-state index in [-0.39, 0.29) is 24.9 Å². The lowest BCUT2D eigenvalue weighted by Gasteiger charge is -2.34. The van der Waals surface area contributed by atoms with Crippen molar-refractivity contribution < 1.29 is 14.3 Å². The number of hydrogen-bond donors (Lipinski definition) is 0. The lowest BCUT2D eigenvalue weighted by atomic mass is 9.83. The lowest BCUT2D eigenvalue weighted by molar-refractivity contribution is -0.139. The predicted octanol–water partition coefficient (Wildman–Crippen LogP) is 5.17. The van der Waals surface area contributed by atoms with E-state index >= 15 is 0 Å². The average Bonchev–Trinajstić information content (AvgIpc) is 2.69. The van der Waals surface area contributed by atoms with Crippen LogP contribution in [0.5, 0.6) is 0 Å². The summed E-state index contributed by atoms with van der Waals surface area (Å²) in [5, 5.41) is 0.608. The highest BCUT2D eigenvalue weighted by Crippen LogP contribution is 2.37. The Morgan fingerprint density at radius 3 is 2.62 bits per heavy atom. The molecule has 5 heteroatoms. The lowest BCUT2D eigenvalue weighted by Crippen LogP contribution is -2.38. The number of halogens is 1. The molecule has 0 fully saturated rings. The van der Waals surface area contributed by atoms with E-state index in [1.807, 2.05) is 49.4 Å². The van der Waals surface area contributed by atoms with Gasteiger partial charge < -0.3 is 9.64 Å². The number of amides is 1. The second-order valence-electron chi connectivity index (χ2n) is 7.16. The predicted molar refractivity (Wildman–Crippen MR) is 114 cm³/mol. The van der Waals surface area contributed by atoms with Crippen LogP contribution in [-0.4, -0.2) is 23.4 Å². The molecule has 29 heavy (non-hydrogen) atoms. The molecule has 1 aliphatic rings. The number of aryl methyl sites for hydroxylation is 1. The van der Waals surface area contributed by atoms with E-state index in [2.05, 4.69) is 6.58 Å². The Morgan fingerprint density at radius 1 is 1.24 bits per heavy atom. The van der Waals surface area contributed by atoms with Crippen LogP contribution in [0.2, 0.25) is 5.02 Å². The number of allylic oxidation sites excluding steroid dienone is 1. The summed E-state index contributed by atoms with van der Waals surface area (Å²) in [6.07, 6.45) is 1.74.